The van der Waals surface area contributed by atoms with E-state index in [9.17, 15) is 14.7 Å². The van der Waals surface area contributed by atoms with Crippen LogP contribution in [0.5, 0.6) is 5.75 Å². The summed E-state index contributed by atoms with van der Waals surface area (Å²) in [5, 5.41) is 20.5. The molecule has 1 unspecified atom stereocenters. The van der Waals surface area contributed by atoms with Crippen molar-refractivity contribution >= 4 is 23.1 Å². The fourth-order valence-electron chi connectivity index (χ4n) is 4.21. The van der Waals surface area contributed by atoms with E-state index in [1.807, 2.05) is 26.8 Å². The molecule has 1 atom stereocenters. The van der Waals surface area contributed by atoms with Crippen LogP contribution in [0.25, 0.3) is 5.76 Å². The van der Waals surface area contributed by atoms with Crippen LogP contribution in [0.4, 0.5) is 5.69 Å². The first-order valence-electron chi connectivity index (χ1n) is 11.1. The first-order valence-corrected chi connectivity index (χ1v) is 11.1. The van der Waals surface area contributed by atoms with Gasteiger partial charge in [0.25, 0.3) is 11.7 Å². The minimum atomic E-state index is -0.940. The lowest BCUT2D eigenvalue weighted by atomic mass is 9.84. The topological polar surface area (TPSA) is 104 Å². The van der Waals surface area contributed by atoms with E-state index in [2.05, 4.69) is 4.98 Å². The molecule has 1 N–H and O–H groups in total. The average Bonchev–Trinajstić information content (AvgIpc) is 3.13. The minimum absolute atomic E-state index is 0.0527. The summed E-state index contributed by atoms with van der Waals surface area (Å²) < 4.78 is 5.49. The Hall–Kier alpha value is -4.44. The van der Waals surface area contributed by atoms with Gasteiger partial charge in [0.15, 0.2) is 0 Å². The number of nitrogens with zero attached hydrogens (tertiary/aromatic N) is 3. The van der Waals surface area contributed by atoms with Crippen LogP contribution in [0.2, 0.25) is 0 Å². The molecule has 1 aliphatic rings. The fraction of sp³-hybridized carbons (Fsp3) is 0.214. The van der Waals surface area contributed by atoms with Crippen LogP contribution in [0.15, 0.2) is 72.4 Å². The Bertz CT molecular complexity index is 1360. The van der Waals surface area contributed by atoms with Crippen molar-refractivity contribution in [2.45, 2.75) is 32.2 Å². The monoisotopic (exact) mass is 467 g/mol. The van der Waals surface area contributed by atoms with Gasteiger partial charge in [-0.3, -0.25) is 19.5 Å². The van der Waals surface area contributed by atoms with Crippen molar-refractivity contribution in [2.24, 2.45) is 0 Å². The fourth-order valence-corrected chi connectivity index (χ4v) is 4.21. The third kappa shape index (κ3) is 4.26. The molecule has 0 radical (unpaired) electrons. The van der Waals surface area contributed by atoms with Crippen molar-refractivity contribution in [3.8, 4) is 11.8 Å². The lowest BCUT2D eigenvalue weighted by molar-refractivity contribution is -0.132. The molecule has 0 aliphatic carbocycles. The van der Waals surface area contributed by atoms with Gasteiger partial charge >= 0.3 is 0 Å². The number of carbonyl (C=O) groups excluding carboxylic acids is 2. The normalized spacial score (nSPS) is 17.3. The molecule has 7 heteroatoms. The van der Waals surface area contributed by atoms with E-state index in [4.69, 9.17) is 10.00 Å². The number of Topliss-reactive ketones (excluding diaryl/α,β-unsaturated/α-hetero) is 1. The molecular weight excluding hydrogens is 442 g/mol. The number of pyridine rings is 1. The quantitative estimate of drug-likeness (QED) is 0.333. The first-order chi connectivity index (χ1) is 16.7. The van der Waals surface area contributed by atoms with Gasteiger partial charge in [-0.2, -0.15) is 5.26 Å². The van der Waals surface area contributed by atoms with Crippen LogP contribution in [-0.4, -0.2) is 28.9 Å². The van der Waals surface area contributed by atoms with Gasteiger partial charge in [-0.05, 0) is 60.0 Å². The Morgan fingerprint density at radius 3 is 2.37 bits per heavy atom. The Morgan fingerprint density at radius 1 is 1.09 bits per heavy atom. The van der Waals surface area contributed by atoms with Crippen LogP contribution in [0.3, 0.4) is 0 Å². The van der Waals surface area contributed by atoms with Gasteiger partial charge in [-0.15, -0.1) is 0 Å². The number of aliphatic hydroxyl groups excluding tert-OH is 1. The summed E-state index contributed by atoms with van der Waals surface area (Å²) in [7, 11) is 1.58. The average molecular weight is 468 g/mol. The van der Waals surface area contributed by atoms with E-state index in [1.165, 1.54) is 4.90 Å². The van der Waals surface area contributed by atoms with Gasteiger partial charge in [0, 0.05) is 23.0 Å². The number of amides is 1. The Kier molecular flexibility index (Phi) is 6.14. The van der Waals surface area contributed by atoms with E-state index in [0.717, 1.165) is 5.56 Å². The zero-order chi connectivity index (χ0) is 25.3. The summed E-state index contributed by atoms with van der Waals surface area (Å²) in [4.78, 5) is 32.2. The molecule has 3 aromatic rings. The second-order valence-corrected chi connectivity index (χ2v) is 9.25. The number of hydrogen-bond donors (Lipinski definition) is 1. The van der Waals surface area contributed by atoms with E-state index in [-0.39, 0.29) is 16.7 Å². The van der Waals surface area contributed by atoms with Gasteiger partial charge in [0.1, 0.15) is 17.6 Å². The van der Waals surface area contributed by atoms with Crippen LogP contribution in [-0.2, 0) is 15.0 Å². The third-order valence-corrected chi connectivity index (χ3v) is 5.97. The minimum Gasteiger partial charge on any atom is -0.507 e. The van der Waals surface area contributed by atoms with Crippen LogP contribution in [0, 0.1) is 11.3 Å². The number of methoxy groups -OCH3 is 1. The highest BCUT2D eigenvalue weighted by Crippen LogP contribution is 2.42. The Labute approximate surface area is 203 Å². The summed E-state index contributed by atoms with van der Waals surface area (Å²) >= 11 is 0. The van der Waals surface area contributed by atoms with Gasteiger partial charge < -0.3 is 9.84 Å². The molecule has 2 heterocycles. The Balaban J connectivity index is 1.94. The van der Waals surface area contributed by atoms with E-state index in [0.29, 0.717) is 28.3 Å². The molecule has 0 saturated carbocycles. The predicted octanol–water partition coefficient (Wildman–Crippen LogP) is 4.89. The number of aliphatic hydroxyl groups is 1. The second kappa shape index (κ2) is 9.07. The summed E-state index contributed by atoms with van der Waals surface area (Å²) in [6, 6.07) is 17.8. The second-order valence-electron chi connectivity index (χ2n) is 9.25. The molecule has 4 rings (SSSR count). The number of benzene rings is 2. The maximum Gasteiger partial charge on any atom is 0.300 e. The number of aromatic nitrogens is 1. The van der Waals surface area contributed by atoms with Gasteiger partial charge in [0.05, 0.1) is 30.0 Å². The molecule has 1 aromatic heterocycles. The smallest absolute Gasteiger partial charge is 0.300 e. The third-order valence-electron chi connectivity index (χ3n) is 5.97. The number of ether oxygens (including phenoxy) is 1. The van der Waals surface area contributed by atoms with Crippen molar-refractivity contribution in [1.82, 2.24) is 4.98 Å². The molecule has 7 nitrogen and oxygen atoms in total. The molecule has 176 valence electrons. The predicted molar refractivity (Wildman–Crippen MR) is 132 cm³/mol. The largest absolute Gasteiger partial charge is 0.507 e. The van der Waals surface area contributed by atoms with Crippen molar-refractivity contribution in [3.63, 3.8) is 0 Å². The van der Waals surface area contributed by atoms with Crippen molar-refractivity contribution in [2.75, 3.05) is 12.0 Å². The SMILES string of the molecule is COc1ccc(/C(O)=C2/C(=O)C(=O)N(c3ccc(C#N)cc3)C2c2ccccn2)cc1C(C)(C)C. The Morgan fingerprint density at radius 2 is 1.80 bits per heavy atom. The number of ketones is 1. The molecule has 2 aromatic carbocycles. The lowest BCUT2D eigenvalue weighted by Gasteiger charge is -2.25. The number of carbonyl (C=O) groups is 2. The van der Waals surface area contributed by atoms with E-state index >= 15 is 0 Å². The molecule has 1 aliphatic heterocycles. The zero-order valence-corrected chi connectivity index (χ0v) is 19.9. The molecule has 35 heavy (non-hydrogen) atoms. The molecular formula is C28H25N3O4. The highest BCUT2D eigenvalue weighted by molar-refractivity contribution is 6.51. The van der Waals surface area contributed by atoms with Gasteiger partial charge in [0.2, 0.25) is 0 Å². The van der Waals surface area contributed by atoms with Crippen molar-refractivity contribution in [1.29, 1.82) is 5.26 Å². The number of anilines is 1. The molecule has 1 amide bonds. The number of rotatable bonds is 4. The molecule has 1 saturated heterocycles. The summed E-state index contributed by atoms with van der Waals surface area (Å²) in [6.45, 7) is 6.06. The van der Waals surface area contributed by atoms with Crippen molar-refractivity contribution < 1.29 is 19.4 Å². The molecule has 0 spiro atoms. The highest BCUT2D eigenvalue weighted by Gasteiger charge is 2.47. The number of nitriles is 1. The maximum absolute atomic E-state index is 13.3. The molecule has 1 fully saturated rings. The standard InChI is InChI=1S/C28H25N3O4/c1-28(2,3)20-15-18(10-13-22(20)35-4)25(32)23-24(21-7-5-6-14-30-21)31(27(34)26(23)33)19-11-8-17(16-29)9-12-19/h5-15,24,32H,1-4H3/b25-23-. The first kappa shape index (κ1) is 23.7. The van der Waals surface area contributed by atoms with E-state index in [1.54, 1.807) is 74.0 Å². The maximum atomic E-state index is 13.3. The zero-order valence-electron chi connectivity index (χ0n) is 19.9. The van der Waals surface area contributed by atoms with Crippen LogP contribution < -0.4 is 9.64 Å². The molecule has 0 bridgehead atoms. The van der Waals surface area contributed by atoms with Crippen LogP contribution >= 0.6 is 0 Å². The number of hydrogen-bond acceptors (Lipinski definition) is 6. The van der Waals surface area contributed by atoms with Gasteiger partial charge in [-0.25, -0.2) is 0 Å². The van der Waals surface area contributed by atoms with Crippen LogP contribution in [0.1, 0.15) is 49.2 Å². The van der Waals surface area contributed by atoms with Gasteiger partial charge in [-0.1, -0.05) is 26.8 Å². The highest BCUT2D eigenvalue weighted by atomic mass is 16.5. The van der Waals surface area contributed by atoms with Crippen molar-refractivity contribution in [3.05, 3.63) is 94.8 Å². The summed E-state index contributed by atoms with van der Waals surface area (Å²) in [5.41, 5.74) is 2.18. The van der Waals surface area contributed by atoms with E-state index < -0.39 is 17.7 Å². The summed E-state index contributed by atoms with van der Waals surface area (Å²) in [6.07, 6.45) is 1.57. The lowest BCUT2D eigenvalue weighted by Crippen LogP contribution is -2.29. The summed E-state index contributed by atoms with van der Waals surface area (Å²) in [5.74, 6) is -1.22.